The van der Waals surface area contributed by atoms with E-state index in [1.165, 1.54) is 69.5 Å². The second kappa shape index (κ2) is 8.20. The van der Waals surface area contributed by atoms with E-state index >= 15 is 0 Å². The van der Waals surface area contributed by atoms with Crippen LogP contribution in [-0.4, -0.2) is 55.7 Å². The Hall–Kier alpha value is -0.900. The van der Waals surface area contributed by atoms with Gasteiger partial charge in [0.25, 0.3) is 0 Å². The van der Waals surface area contributed by atoms with Gasteiger partial charge in [-0.1, -0.05) is 36.2 Å². The zero-order valence-electron chi connectivity index (χ0n) is 15.8. The Morgan fingerprint density at radius 3 is 2.40 bits per heavy atom. The summed E-state index contributed by atoms with van der Waals surface area (Å²) in [7, 11) is 0. The van der Waals surface area contributed by atoms with Gasteiger partial charge < -0.3 is 9.64 Å². The maximum Gasteiger partial charge on any atom is 0.0500 e. The van der Waals surface area contributed by atoms with Crippen molar-refractivity contribution in [1.29, 1.82) is 0 Å². The molecule has 3 heteroatoms. The average molecular weight is 343 g/mol. The molecule has 0 N–H and O–H groups in total. The summed E-state index contributed by atoms with van der Waals surface area (Å²) in [5.41, 5.74) is 2.81. The van der Waals surface area contributed by atoms with Crippen LogP contribution in [0.4, 0.5) is 0 Å². The van der Waals surface area contributed by atoms with Crippen LogP contribution in [0.15, 0.2) is 24.3 Å². The molecule has 3 fully saturated rings. The van der Waals surface area contributed by atoms with Crippen LogP contribution >= 0.6 is 0 Å². The molecule has 0 spiro atoms. The summed E-state index contributed by atoms with van der Waals surface area (Å²) in [6.45, 7) is 11.7. The molecular weight excluding hydrogens is 308 g/mol. The molecule has 0 bridgehead atoms. The van der Waals surface area contributed by atoms with E-state index < -0.39 is 0 Å². The second-order valence-corrected chi connectivity index (χ2v) is 8.50. The molecule has 1 aromatic rings. The van der Waals surface area contributed by atoms with Crippen molar-refractivity contribution in [3.05, 3.63) is 35.4 Å². The van der Waals surface area contributed by atoms with E-state index in [2.05, 4.69) is 41.0 Å². The van der Waals surface area contributed by atoms with Crippen molar-refractivity contribution < 1.29 is 4.74 Å². The molecule has 25 heavy (non-hydrogen) atoms. The van der Waals surface area contributed by atoms with Crippen molar-refractivity contribution in [2.45, 2.75) is 39.2 Å². The van der Waals surface area contributed by atoms with Crippen molar-refractivity contribution in [2.75, 3.05) is 45.9 Å². The molecule has 2 unspecified atom stereocenters. The minimum Gasteiger partial charge on any atom is -0.381 e. The van der Waals surface area contributed by atoms with Crippen molar-refractivity contribution >= 4 is 0 Å². The van der Waals surface area contributed by atoms with Gasteiger partial charge in [0, 0.05) is 32.8 Å². The molecular formula is C22H34N2O. The summed E-state index contributed by atoms with van der Waals surface area (Å²) in [4.78, 5) is 5.24. The molecule has 2 atom stereocenters. The van der Waals surface area contributed by atoms with Gasteiger partial charge in [-0.2, -0.15) is 0 Å². The van der Waals surface area contributed by atoms with Gasteiger partial charge >= 0.3 is 0 Å². The largest absolute Gasteiger partial charge is 0.381 e. The maximum absolute atomic E-state index is 6.01. The van der Waals surface area contributed by atoms with Crippen LogP contribution < -0.4 is 0 Å². The van der Waals surface area contributed by atoms with Crippen molar-refractivity contribution in [2.24, 2.45) is 17.8 Å². The Morgan fingerprint density at radius 1 is 0.960 bits per heavy atom. The molecule has 2 heterocycles. The van der Waals surface area contributed by atoms with E-state index in [1.807, 2.05) is 0 Å². The molecule has 2 aliphatic heterocycles. The molecule has 3 aliphatic rings. The summed E-state index contributed by atoms with van der Waals surface area (Å²) in [6.07, 6.45) is 5.43. The van der Waals surface area contributed by atoms with E-state index in [0.717, 1.165) is 37.5 Å². The topological polar surface area (TPSA) is 15.7 Å². The molecule has 4 rings (SSSR count). The lowest BCUT2D eigenvalue weighted by Crippen LogP contribution is -2.31. The van der Waals surface area contributed by atoms with E-state index in [9.17, 15) is 0 Å². The highest BCUT2D eigenvalue weighted by molar-refractivity contribution is 5.21. The molecule has 138 valence electrons. The molecule has 2 saturated heterocycles. The first kappa shape index (κ1) is 17.5. The lowest BCUT2D eigenvalue weighted by atomic mass is 10.1. The Labute approximate surface area is 153 Å². The molecule has 0 amide bonds. The Kier molecular flexibility index (Phi) is 5.74. The number of nitrogens with zero attached hydrogens (tertiary/aromatic N) is 2. The Balaban J connectivity index is 1.07. The quantitative estimate of drug-likeness (QED) is 0.672. The fourth-order valence-electron chi connectivity index (χ4n) is 4.86. The van der Waals surface area contributed by atoms with Crippen LogP contribution in [0.25, 0.3) is 0 Å². The fourth-order valence-corrected chi connectivity index (χ4v) is 4.86. The van der Waals surface area contributed by atoms with Crippen LogP contribution in [0.2, 0.25) is 0 Å². The zero-order chi connectivity index (χ0) is 17.1. The highest BCUT2D eigenvalue weighted by Gasteiger charge is 2.55. The molecule has 0 aromatic heterocycles. The van der Waals surface area contributed by atoms with E-state index in [-0.39, 0.29) is 0 Å². The molecule has 1 aromatic carbocycles. The Morgan fingerprint density at radius 2 is 1.68 bits per heavy atom. The molecule has 3 nitrogen and oxygen atoms in total. The summed E-state index contributed by atoms with van der Waals surface area (Å²) in [6, 6.07) is 9.02. The number of aryl methyl sites for hydroxylation is 1. The number of ether oxygens (including phenoxy) is 1. The molecule has 1 aliphatic carbocycles. The molecule has 1 saturated carbocycles. The first-order valence-electron chi connectivity index (χ1n) is 10.4. The average Bonchev–Trinajstić information content (AvgIpc) is 3.09. The predicted molar refractivity (Wildman–Crippen MR) is 103 cm³/mol. The van der Waals surface area contributed by atoms with Gasteiger partial charge in [0.15, 0.2) is 0 Å². The van der Waals surface area contributed by atoms with Gasteiger partial charge in [0.05, 0.1) is 6.61 Å². The van der Waals surface area contributed by atoms with Crippen LogP contribution in [0, 0.1) is 24.7 Å². The zero-order valence-corrected chi connectivity index (χ0v) is 15.8. The summed E-state index contributed by atoms with van der Waals surface area (Å²) in [5, 5.41) is 0. The summed E-state index contributed by atoms with van der Waals surface area (Å²) in [5.74, 6) is 2.67. The third-order valence-electron chi connectivity index (χ3n) is 6.50. The van der Waals surface area contributed by atoms with Gasteiger partial charge in [0.1, 0.15) is 0 Å². The number of rotatable bonds is 8. The van der Waals surface area contributed by atoms with Crippen LogP contribution in [0.3, 0.4) is 0 Å². The highest BCUT2D eigenvalue weighted by Crippen LogP contribution is 2.51. The number of piperidine rings is 2. The fraction of sp³-hybridized carbons (Fsp3) is 0.727. The van der Waals surface area contributed by atoms with Crippen LogP contribution in [0.5, 0.6) is 0 Å². The second-order valence-electron chi connectivity index (χ2n) is 8.50. The SMILES string of the molecule is Cc1ccc(CN2CC3C(COCCCN4CCCCC4)C3C2)cc1. The summed E-state index contributed by atoms with van der Waals surface area (Å²) < 4.78 is 6.01. The van der Waals surface area contributed by atoms with Gasteiger partial charge in [-0.15, -0.1) is 0 Å². The predicted octanol–water partition coefficient (Wildman–Crippen LogP) is 3.57. The van der Waals surface area contributed by atoms with Gasteiger partial charge in [0.2, 0.25) is 0 Å². The number of fused-ring (bicyclic) bond motifs is 1. The maximum atomic E-state index is 6.01. The van der Waals surface area contributed by atoms with Gasteiger partial charge in [-0.3, -0.25) is 4.90 Å². The minimum atomic E-state index is 0.851. The number of hydrogen-bond acceptors (Lipinski definition) is 3. The minimum absolute atomic E-state index is 0.851. The van der Waals surface area contributed by atoms with Crippen LogP contribution in [-0.2, 0) is 11.3 Å². The first-order valence-corrected chi connectivity index (χ1v) is 10.4. The smallest absolute Gasteiger partial charge is 0.0500 e. The lowest BCUT2D eigenvalue weighted by Gasteiger charge is -2.26. The normalized spacial score (nSPS) is 29.7. The van der Waals surface area contributed by atoms with Gasteiger partial charge in [-0.05, 0) is 62.6 Å². The number of benzene rings is 1. The first-order chi connectivity index (χ1) is 12.3. The third kappa shape index (κ3) is 4.64. The lowest BCUT2D eigenvalue weighted by molar-refractivity contribution is 0.0967. The van der Waals surface area contributed by atoms with E-state index in [1.54, 1.807) is 0 Å². The Bertz CT molecular complexity index is 525. The van der Waals surface area contributed by atoms with Crippen molar-refractivity contribution in [3.8, 4) is 0 Å². The highest BCUT2D eigenvalue weighted by atomic mass is 16.5. The van der Waals surface area contributed by atoms with E-state index in [4.69, 9.17) is 4.74 Å². The van der Waals surface area contributed by atoms with Crippen molar-refractivity contribution in [3.63, 3.8) is 0 Å². The number of hydrogen-bond donors (Lipinski definition) is 0. The van der Waals surface area contributed by atoms with Crippen molar-refractivity contribution in [1.82, 2.24) is 9.80 Å². The van der Waals surface area contributed by atoms with E-state index in [0.29, 0.717) is 0 Å². The summed E-state index contributed by atoms with van der Waals surface area (Å²) >= 11 is 0. The van der Waals surface area contributed by atoms with Gasteiger partial charge in [-0.25, -0.2) is 0 Å². The third-order valence-corrected chi connectivity index (χ3v) is 6.50. The standard InChI is InChI=1S/C22H34N2O/c1-18-6-8-19(9-7-18)14-24-15-20-21(16-24)22(20)17-25-13-5-12-23-10-3-2-4-11-23/h6-9,20-22H,2-5,10-17H2,1H3. The molecule has 0 radical (unpaired) electrons. The van der Waals surface area contributed by atoms with Crippen LogP contribution in [0.1, 0.15) is 36.8 Å². The number of likely N-dealkylation sites (tertiary alicyclic amines) is 2. The monoisotopic (exact) mass is 342 g/mol.